The lowest BCUT2D eigenvalue weighted by Crippen LogP contribution is -2.36. The van der Waals surface area contributed by atoms with Crippen LogP contribution in [-0.4, -0.2) is 21.9 Å². The molecule has 5 heteroatoms. The van der Waals surface area contributed by atoms with Crippen molar-refractivity contribution < 1.29 is 9.53 Å². The highest BCUT2D eigenvalue weighted by atomic mass is 16.5. The van der Waals surface area contributed by atoms with E-state index in [0.29, 0.717) is 17.4 Å². The number of amides is 1. The average Bonchev–Trinajstić information content (AvgIpc) is 3.67. The van der Waals surface area contributed by atoms with E-state index in [4.69, 9.17) is 4.74 Å². The van der Waals surface area contributed by atoms with Gasteiger partial charge in [-0.25, -0.2) is 4.98 Å². The smallest absolute Gasteiger partial charge is 0.253 e. The number of hydrogen-bond acceptors (Lipinski definition) is 4. The predicted octanol–water partition coefficient (Wildman–Crippen LogP) is 5.90. The summed E-state index contributed by atoms with van der Waals surface area (Å²) in [6.45, 7) is 0. The molecule has 2 aliphatic carbocycles. The van der Waals surface area contributed by atoms with Crippen molar-refractivity contribution in [3.05, 3.63) is 89.4 Å². The van der Waals surface area contributed by atoms with Crippen molar-refractivity contribution in [2.45, 2.75) is 50.5 Å². The largest absolute Gasteiger partial charge is 0.439 e. The lowest BCUT2D eigenvalue weighted by molar-refractivity contribution is 0.0930. The summed E-state index contributed by atoms with van der Waals surface area (Å²) >= 11 is 0. The van der Waals surface area contributed by atoms with E-state index >= 15 is 0 Å². The first kappa shape index (κ1) is 20.4. The summed E-state index contributed by atoms with van der Waals surface area (Å²) in [6, 6.07) is 16.0. The van der Waals surface area contributed by atoms with Gasteiger partial charge in [-0.15, -0.1) is 0 Å². The lowest BCUT2D eigenvalue weighted by Gasteiger charge is -2.25. The van der Waals surface area contributed by atoms with Gasteiger partial charge in [-0.05, 0) is 79.8 Å². The summed E-state index contributed by atoms with van der Waals surface area (Å²) in [5, 5.41) is 3.14. The normalized spacial score (nSPS) is 18.1. The maximum absolute atomic E-state index is 12.3. The Bertz CT molecular complexity index is 1100. The fraction of sp³-hybridized carbons (Fsp3) is 0.296. The minimum absolute atomic E-state index is 0.0425. The van der Waals surface area contributed by atoms with Gasteiger partial charge < -0.3 is 10.1 Å². The zero-order valence-corrected chi connectivity index (χ0v) is 18.0. The molecule has 32 heavy (non-hydrogen) atoms. The van der Waals surface area contributed by atoms with Crippen LogP contribution in [0.1, 0.15) is 65.9 Å². The molecule has 1 aromatic carbocycles. The molecule has 1 amide bonds. The molecule has 0 spiro atoms. The third-order valence-electron chi connectivity index (χ3n) is 6.15. The van der Waals surface area contributed by atoms with Crippen LogP contribution in [0.3, 0.4) is 0 Å². The molecule has 2 aromatic heterocycles. The number of pyridine rings is 2. The van der Waals surface area contributed by atoms with E-state index in [9.17, 15) is 4.79 Å². The van der Waals surface area contributed by atoms with Crippen LogP contribution in [0, 0.1) is 0 Å². The fourth-order valence-corrected chi connectivity index (χ4v) is 4.18. The van der Waals surface area contributed by atoms with Crippen molar-refractivity contribution in [3.8, 4) is 11.6 Å². The van der Waals surface area contributed by atoms with E-state index in [1.807, 2.05) is 24.4 Å². The number of allylic oxidation sites excluding steroid dienone is 1. The molecular formula is C27H27N3O2. The van der Waals surface area contributed by atoms with Gasteiger partial charge in [-0.1, -0.05) is 29.8 Å². The van der Waals surface area contributed by atoms with Crippen molar-refractivity contribution >= 4 is 12.0 Å². The maximum Gasteiger partial charge on any atom is 0.253 e. The Balaban J connectivity index is 1.16. The second kappa shape index (κ2) is 9.35. The van der Waals surface area contributed by atoms with Gasteiger partial charge in [0.05, 0.1) is 5.56 Å². The Morgan fingerprint density at radius 2 is 1.88 bits per heavy atom. The number of carbonyl (C=O) groups excluding carboxylic acids is 1. The van der Waals surface area contributed by atoms with Gasteiger partial charge in [0.25, 0.3) is 5.91 Å². The number of hydrogen-bond donors (Lipinski definition) is 1. The lowest BCUT2D eigenvalue weighted by atomic mass is 9.89. The number of aromatic nitrogens is 2. The number of nitrogens with one attached hydrogen (secondary N) is 1. The number of rotatable bonds is 6. The molecule has 0 aliphatic heterocycles. The monoisotopic (exact) mass is 425 g/mol. The molecule has 2 heterocycles. The Morgan fingerprint density at radius 3 is 2.59 bits per heavy atom. The molecular weight excluding hydrogens is 398 g/mol. The molecule has 0 bridgehead atoms. The number of ether oxygens (including phenoxy) is 1. The third kappa shape index (κ3) is 5.22. The Hall–Kier alpha value is -3.47. The number of carbonyl (C=O) groups is 1. The Kier molecular flexibility index (Phi) is 5.97. The molecule has 5 nitrogen and oxygen atoms in total. The molecule has 0 saturated heterocycles. The second-order valence-corrected chi connectivity index (χ2v) is 8.67. The van der Waals surface area contributed by atoms with Crippen LogP contribution in [0.15, 0.2) is 72.7 Å². The van der Waals surface area contributed by atoms with Gasteiger partial charge in [-0.2, -0.15) is 0 Å². The van der Waals surface area contributed by atoms with E-state index in [1.165, 1.54) is 24.0 Å². The van der Waals surface area contributed by atoms with E-state index in [2.05, 4.69) is 39.6 Å². The van der Waals surface area contributed by atoms with Gasteiger partial charge in [0, 0.05) is 30.7 Å². The SMILES string of the molecule is O=C(NC1CCC(=Cc2cccc(Oc3ccc(C4CC4)cn3)c2)CC1)c1cccnc1. The van der Waals surface area contributed by atoms with Gasteiger partial charge in [0.2, 0.25) is 5.88 Å². The minimum atomic E-state index is -0.0425. The zero-order chi connectivity index (χ0) is 21.8. The standard InChI is InChI=1S/C27H27N3O2/c31-27(23-4-2-14-28-17-23)30-24-11-6-19(7-12-24)15-20-3-1-5-25(16-20)32-26-13-10-22(18-29-26)21-8-9-21/h1-5,10,13-18,21,24H,6-9,11-12H2,(H,30,31). The number of nitrogens with zero attached hydrogens (tertiary/aromatic N) is 2. The van der Waals surface area contributed by atoms with Crippen molar-refractivity contribution in [1.82, 2.24) is 15.3 Å². The van der Waals surface area contributed by atoms with Gasteiger partial charge in [-0.3, -0.25) is 9.78 Å². The first-order valence-electron chi connectivity index (χ1n) is 11.4. The van der Waals surface area contributed by atoms with Crippen LogP contribution in [0.4, 0.5) is 0 Å². The number of benzene rings is 1. The van der Waals surface area contributed by atoms with Crippen LogP contribution in [0.2, 0.25) is 0 Å². The summed E-state index contributed by atoms with van der Waals surface area (Å²) in [4.78, 5) is 20.8. The average molecular weight is 426 g/mol. The molecule has 0 unspecified atom stereocenters. The predicted molar refractivity (Wildman–Crippen MR) is 125 cm³/mol. The maximum atomic E-state index is 12.3. The summed E-state index contributed by atoms with van der Waals surface area (Å²) in [6.07, 6.45) is 13.9. The van der Waals surface area contributed by atoms with Crippen molar-refractivity contribution in [3.63, 3.8) is 0 Å². The highest BCUT2D eigenvalue weighted by molar-refractivity contribution is 5.94. The molecule has 2 aliphatic rings. The first-order valence-corrected chi connectivity index (χ1v) is 11.4. The third-order valence-corrected chi connectivity index (χ3v) is 6.15. The molecule has 1 N–H and O–H groups in total. The van der Waals surface area contributed by atoms with Gasteiger partial charge >= 0.3 is 0 Å². The van der Waals surface area contributed by atoms with Gasteiger partial charge in [0.1, 0.15) is 5.75 Å². The van der Waals surface area contributed by atoms with E-state index in [-0.39, 0.29) is 11.9 Å². The van der Waals surface area contributed by atoms with Crippen molar-refractivity contribution in [1.29, 1.82) is 0 Å². The zero-order valence-electron chi connectivity index (χ0n) is 18.0. The summed E-state index contributed by atoms with van der Waals surface area (Å²) in [5.41, 5.74) is 4.45. The molecule has 0 radical (unpaired) electrons. The van der Waals surface area contributed by atoms with Crippen LogP contribution in [-0.2, 0) is 0 Å². The molecule has 2 saturated carbocycles. The van der Waals surface area contributed by atoms with Crippen LogP contribution in [0.25, 0.3) is 6.08 Å². The highest BCUT2D eigenvalue weighted by Gasteiger charge is 2.23. The molecule has 2 fully saturated rings. The second-order valence-electron chi connectivity index (χ2n) is 8.67. The molecule has 3 aromatic rings. The summed E-state index contributed by atoms with van der Waals surface area (Å²) < 4.78 is 5.97. The Morgan fingerprint density at radius 1 is 1.00 bits per heavy atom. The molecule has 162 valence electrons. The highest BCUT2D eigenvalue weighted by Crippen LogP contribution is 2.40. The van der Waals surface area contributed by atoms with E-state index in [0.717, 1.165) is 37.0 Å². The summed E-state index contributed by atoms with van der Waals surface area (Å²) in [5.74, 6) is 2.08. The van der Waals surface area contributed by atoms with E-state index < -0.39 is 0 Å². The molecule has 0 atom stereocenters. The quantitative estimate of drug-likeness (QED) is 0.534. The van der Waals surface area contributed by atoms with Crippen LogP contribution in [0.5, 0.6) is 11.6 Å². The van der Waals surface area contributed by atoms with E-state index in [1.54, 1.807) is 24.5 Å². The van der Waals surface area contributed by atoms with Crippen molar-refractivity contribution in [2.75, 3.05) is 0 Å². The van der Waals surface area contributed by atoms with Gasteiger partial charge in [0.15, 0.2) is 0 Å². The topological polar surface area (TPSA) is 64.1 Å². The van der Waals surface area contributed by atoms with Crippen LogP contribution >= 0.6 is 0 Å². The first-order chi connectivity index (χ1) is 15.7. The fourth-order valence-electron chi connectivity index (χ4n) is 4.18. The summed E-state index contributed by atoms with van der Waals surface area (Å²) in [7, 11) is 0. The van der Waals surface area contributed by atoms with Crippen molar-refractivity contribution in [2.24, 2.45) is 0 Å². The molecule has 5 rings (SSSR count). The Labute approximate surface area is 188 Å². The minimum Gasteiger partial charge on any atom is -0.439 e. The van der Waals surface area contributed by atoms with Crippen LogP contribution < -0.4 is 10.1 Å².